The van der Waals surface area contributed by atoms with Gasteiger partial charge in [0.05, 0.1) is 11.4 Å². The lowest BCUT2D eigenvalue weighted by molar-refractivity contribution is -0.133. The first-order chi connectivity index (χ1) is 12.9. The zero-order valence-electron chi connectivity index (χ0n) is 15.7. The number of benzene rings is 2. The van der Waals surface area contributed by atoms with Crippen molar-refractivity contribution in [3.8, 4) is 11.1 Å². The predicted molar refractivity (Wildman–Crippen MR) is 106 cm³/mol. The Bertz CT molecular complexity index is 890. The van der Waals surface area contributed by atoms with Crippen LogP contribution >= 0.6 is 0 Å². The van der Waals surface area contributed by atoms with Gasteiger partial charge < -0.3 is 9.80 Å². The van der Waals surface area contributed by atoms with Gasteiger partial charge in [-0.3, -0.25) is 4.79 Å². The molecule has 2 aromatic carbocycles. The van der Waals surface area contributed by atoms with Gasteiger partial charge in [0.1, 0.15) is 0 Å². The Hall–Kier alpha value is -2.22. The summed E-state index contributed by atoms with van der Waals surface area (Å²) in [5.41, 5.74) is 1.57. The maximum atomic E-state index is 13.2. The molecule has 0 unspecified atom stereocenters. The van der Waals surface area contributed by atoms with E-state index in [4.69, 9.17) is 0 Å². The van der Waals surface area contributed by atoms with Crippen molar-refractivity contribution in [2.24, 2.45) is 0 Å². The summed E-state index contributed by atoms with van der Waals surface area (Å²) in [6.45, 7) is 1.79. The topological polar surface area (TPSA) is 60.9 Å². The minimum absolute atomic E-state index is 0.0294. The summed E-state index contributed by atoms with van der Waals surface area (Å²) in [6.07, 6.45) is 0. The van der Waals surface area contributed by atoms with Crippen LogP contribution in [0.4, 0.5) is 0 Å². The molecule has 27 heavy (non-hydrogen) atoms. The van der Waals surface area contributed by atoms with Crippen LogP contribution < -0.4 is 0 Å². The van der Waals surface area contributed by atoms with Gasteiger partial charge in [0.2, 0.25) is 15.9 Å². The number of piperazine rings is 1. The number of carbonyl (C=O) groups is 1. The Morgan fingerprint density at radius 1 is 0.926 bits per heavy atom. The summed E-state index contributed by atoms with van der Waals surface area (Å²) in [5, 5.41) is 0. The third-order valence-corrected chi connectivity index (χ3v) is 6.59. The first kappa shape index (κ1) is 19.5. The highest BCUT2D eigenvalue weighted by molar-refractivity contribution is 7.89. The predicted octanol–water partition coefficient (Wildman–Crippen LogP) is 1.75. The molecule has 6 nitrogen and oxygen atoms in total. The van der Waals surface area contributed by atoms with E-state index in [1.54, 1.807) is 17.0 Å². The van der Waals surface area contributed by atoms with E-state index in [9.17, 15) is 13.2 Å². The highest BCUT2D eigenvalue weighted by Crippen LogP contribution is 2.29. The van der Waals surface area contributed by atoms with Gasteiger partial charge in [-0.05, 0) is 25.7 Å². The third kappa shape index (κ3) is 4.37. The van der Waals surface area contributed by atoms with Gasteiger partial charge in [-0.15, -0.1) is 0 Å². The molecular formula is C20H25N3O3S. The number of amides is 1. The summed E-state index contributed by atoms with van der Waals surface area (Å²) < 4.78 is 28.0. The van der Waals surface area contributed by atoms with Crippen LogP contribution in [0.2, 0.25) is 0 Å². The smallest absolute Gasteiger partial charge is 0.243 e. The maximum absolute atomic E-state index is 13.2. The number of hydrogen-bond acceptors (Lipinski definition) is 4. The average Bonchev–Trinajstić information content (AvgIpc) is 2.68. The molecular weight excluding hydrogens is 362 g/mol. The number of likely N-dealkylation sites (N-methyl/N-ethyl adjacent to an activating group) is 1. The fourth-order valence-corrected chi connectivity index (χ4v) is 4.87. The van der Waals surface area contributed by atoms with Crippen LogP contribution in [0.15, 0.2) is 59.5 Å². The standard InChI is InChI=1S/C20H25N3O3S/c1-21(2)16-20(24)22-12-14-23(15-13-22)27(25,26)19-11-7-6-10-18(19)17-8-4-3-5-9-17/h3-11H,12-16H2,1-2H3. The molecule has 0 bridgehead atoms. The summed E-state index contributed by atoms with van der Waals surface area (Å²) in [7, 11) is 0.0646. The number of carbonyl (C=O) groups excluding carboxylic acids is 1. The van der Waals surface area contributed by atoms with Crippen molar-refractivity contribution in [1.29, 1.82) is 0 Å². The Morgan fingerprint density at radius 2 is 1.52 bits per heavy atom. The van der Waals surface area contributed by atoms with E-state index in [0.29, 0.717) is 43.2 Å². The lowest BCUT2D eigenvalue weighted by atomic mass is 10.1. The molecule has 0 radical (unpaired) electrons. The minimum atomic E-state index is -3.63. The number of nitrogens with zero attached hydrogens (tertiary/aromatic N) is 3. The Labute approximate surface area is 161 Å². The summed E-state index contributed by atoms with van der Waals surface area (Å²) >= 11 is 0. The van der Waals surface area contributed by atoms with E-state index in [2.05, 4.69) is 0 Å². The third-order valence-electron chi connectivity index (χ3n) is 4.63. The normalized spacial score (nSPS) is 15.9. The molecule has 7 heteroatoms. The first-order valence-corrected chi connectivity index (χ1v) is 10.4. The molecule has 1 amide bonds. The molecule has 144 valence electrons. The van der Waals surface area contributed by atoms with Crippen LogP contribution in [-0.4, -0.2) is 75.2 Å². The number of sulfonamides is 1. The Balaban J connectivity index is 1.80. The van der Waals surface area contributed by atoms with E-state index in [1.807, 2.05) is 61.5 Å². The van der Waals surface area contributed by atoms with Crippen molar-refractivity contribution in [2.75, 3.05) is 46.8 Å². The molecule has 2 aromatic rings. The summed E-state index contributed by atoms with van der Waals surface area (Å²) in [5.74, 6) is 0.0294. The lowest BCUT2D eigenvalue weighted by Crippen LogP contribution is -2.52. The molecule has 1 fully saturated rings. The average molecular weight is 388 g/mol. The van der Waals surface area contributed by atoms with Crippen LogP contribution in [0.5, 0.6) is 0 Å². The van der Waals surface area contributed by atoms with Gasteiger partial charge >= 0.3 is 0 Å². The molecule has 1 aliphatic heterocycles. The van der Waals surface area contributed by atoms with Crippen molar-refractivity contribution in [1.82, 2.24) is 14.1 Å². The molecule has 0 N–H and O–H groups in total. The molecule has 0 spiro atoms. The quantitative estimate of drug-likeness (QED) is 0.784. The van der Waals surface area contributed by atoms with Crippen LogP contribution in [0.1, 0.15) is 0 Å². The highest BCUT2D eigenvalue weighted by Gasteiger charge is 2.31. The second kappa shape index (κ2) is 8.21. The fraction of sp³-hybridized carbons (Fsp3) is 0.350. The van der Waals surface area contributed by atoms with Crippen LogP contribution in [0.25, 0.3) is 11.1 Å². The number of rotatable bonds is 5. The van der Waals surface area contributed by atoms with Gasteiger partial charge in [0, 0.05) is 31.7 Å². The van der Waals surface area contributed by atoms with Crippen molar-refractivity contribution < 1.29 is 13.2 Å². The molecule has 0 aliphatic carbocycles. The van der Waals surface area contributed by atoms with Gasteiger partial charge in [-0.2, -0.15) is 4.31 Å². The van der Waals surface area contributed by atoms with Crippen LogP contribution in [0.3, 0.4) is 0 Å². The largest absolute Gasteiger partial charge is 0.339 e. The second-order valence-corrected chi connectivity index (χ2v) is 8.79. The zero-order chi connectivity index (χ0) is 19.4. The number of hydrogen-bond donors (Lipinski definition) is 0. The molecule has 1 aliphatic rings. The monoisotopic (exact) mass is 387 g/mol. The lowest BCUT2D eigenvalue weighted by Gasteiger charge is -2.34. The Morgan fingerprint density at radius 3 is 2.15 bits per heavy atom. The highest BCUT2D eigenvalue weighted by atomic mass is 32.2. The molecule has 0 saturated carbocycles. The van der Waals surface area contributed by atoms with Crippen LogP contribution in [-0.2, 0) is 14.8 Å². The molecule has 0 aromatic heterocycles. The van der Waals surface area contributed by atoms with E-state index >= 15 is 0 Å². The minimum Gasteiger partial charge on any atom is -0.339 e. The van der Waals surface area contributed by atoms with Crippen LogP contribution in [0, 0.1) is 0 Å². The maximum Gasteiger partial charge on any atom is 0.243 e. The first-order valence-electron chi connectivity index (χ1n) is 8.96. The summed E-state index contributed by atoms with van der Waals surface area (Å²) in [4.78, 5) is 16.1. The van der Waals surface area contributed by atoms with Crippen molar-refractivity contribution >= 4 is 15.9 Å². The van der Waals surface area contributed by atoms with Crippen molar-refractivity contribution in [3.05, 3.63) is 54.6 Å². The van der Waals surface area contributed by atoms with Gasteiger partial charge in [-0.25, -0.2) is 8.42 Å². The van der Waals surface area contributed by atoms with Crippen molar-refractivity contribution in [3.63, 3.8) is 0 Å². The van der Waals surface area contributed by atoms with Gasteiger partial charge in [0.15, 0.2) is 0 Å². The van der Waals surface area contributed by atoms with E-state index in [-0.39, 0.29) is 5.91 Å². The van der Waals surface area contributed by atoms with Crippen molar-refractivity contribution in [2.45, 2.75) is 4.90 Å². The molecule has 1 saturated heterocycles. The Kier molecular flexibility index (Phi) is 5.94. The molecule has 1 heterocycles. The van der Waals surface area contributed by atoms with Gasteiger partial charge in [0.25, 0.3) is 0 Å². The van der Waals surface area contributed by atoms with Gasteiger partial charge in [-0.1, -0.05) is 48.5 Å². The molecule has 3 rings (SSSR count). The van der Waals surface area contributed by atoms with E-state index in [1.165, 1.54) is 4.31 Å². The SMILES string of the molecule is CN(C)CC(=O)N1CCN(S(=O)(=O)c2ccccc2-c2ccccc2)CC1. The second-order valence-electron chi connectivity index (χ2n) is 6.88. The zero-order valence-corrected chi connectivity index (χ0v) is 16.5. The van der Waals surface area contributed by atoms with E-state index < -0.39 is 10.0 Å². The summed E-state index contributed by atoms with van der Waals surface area (Å²) in [6, 6.07) is 16.6. The van der Waals surface area contributed by atoms with E-state index in [0.717, 1.165) is 5.56 Å². The molecule has 0 atom stereocenters. The fourth-order valence-electron chi connectivity index (χ4n) is 3.24.